The Labute approximate surface area is 112 Å². The molecule has 0 unspecified atom stereocenters. The number of benzene rings is 1. The molecule has 2 N–H and O–H groups in total. The van der Waals surface area contributed by atoms with Crippen LogP contribution in [0.15, 0.2) is 16.8 Å². The smallest absolute Gasteiger partial charge is 0.326 e. The molecule has 0 aliphatic heterocycles. The molecule has 106 valence electrons. The van der Waals surface area contributed by atoms with Gasteiger partial charge < -0.3 is 10.4 Å². The first-order valence-electron chi connectivity index (χ1n) is 5.80. The number of nitro benzene ring substituents is 1. The van der Waals surface area contributed by atoms with Crippen LogP contribution in [0.3, 0.4) is 0 Å². The zero-order chi connectivity index (χ0) is 14.9. The van der Waals surface area contributed by atoms with Crippen molar-refractivity contribution in [2.45, 2.75) is 19.9 Å². The van der Waals surface area contributed by atoms with E-state index in [0.717, 1.165) is 0 Å². The highest BCUT2D eigenvalue weighted by Crippen LogP contribution is 2.32. The van der Waals surface area contributed by atoms with Crippen molar-refractivity contribution >= 4 is 28.4 Å². The Morgan fingerprint density at radius 2 is 2.15 bits per heavy atom. The minimum absolute atomic E-state index is 0.0205. The number of anilines is 1. The lowest BCUT2D eigenvalue weighted by molar-refractivity contribution is -0.382. The molecular weight excluding hydrogens is 268 g/mol. The van der Waals surface area contributed by atoms with E-state index in [-0.39, 0.29) is 28.3 Å². The normalized spacial score (nSPS) is 12.6. The number of hydrogen-bond acceptors (Lipinski definition) is 7. The Hall–Kier alpha value is -2.71. The zero-order valence-corrected chi connectivity index (χ0v) is 10.7. The van der Waals surface area contributed by atoms with Crippen molar-refractivity contribution in [2.24, 2.45) is 5.92 Å². The number of carboxylic acid groups (broad SMARTS) is 1. The molecule has 0 aliphatic rings. The van der Waals surface area contributed by atoms with Gasteiger partial charge in [0.2, 0.25) is 5.52 Å². The summed E-state index contributed by atoms with van der Waals surface area (Å²) in [5.74, 6) is -1.34. The Balaban J connectivity index is 2.50. The predicted octanol–water partition coefficient (Wildman–Crippen LogP) is 1.65. The van der Waals surface area contributed by atoms with E-state index in [0.29, 0.717) is 0 Å². The van der Waals surface area contributed by atoms with E-state index >= 15 is 0 Å². The SMILES string of the molecule is CC(C)[C@H](Nc1ccc2nonc2c1[N+](=O)[O-])C(=O)O. The van der Waals surface area contributed by atoms with Crippen molar-refractivity contribution in [1.82, 2.24) is 10.3 Å². The number of aromatic nitrogens is 2. The quantitative estimate of drug-likeness (QED) is 0.624. The molecule has 0 bridgehead atoms. The summed E-state index contributed by atoms with van der Waals surface area (Å²) in [6.07, 6.45) is 0. The van der Waals surface area contributed by atoms with Gasteiger partial charge in [-0.25, -0.2) is 9.42 Å². The number of fused-ring (bicyclic) bond motifs is 1. The molecule has 20 heavy (non-hydrogen) atoms. The van der Waals surface area contributed by atoms with E-state index in [1.807, 2.05) is 0 Å². The molecule has 0 spiro atoms. The third-order valence-electron chi connectivity index (χ3n) is 2.83. The average Bonchev–Trinajstić information content (AvgIpc) is 2.81. The van der Waals surface area contributed by atoms with Gasteiger partial charge in [-0.1, -0.05) is 13.8 Å². The minimum Gasteiger partial charge on any atom is -0.480 e. The Morgan fingerprint density at radius 1 is 1.45 bits per heavy atom. The number of hydrogen-bond donors (Lipinski definition) is 2. The molecule has 1 aromatic carbocycles. The van der Waals surface area contributed by atoms with Gasteiger partial charge >= 0.3 is 11.7 Å². The van der Waals surface area contributed by atoms with Gasteiger partial charge in [-0.3, -0.25) is 10.1 Å². The van der Waals surface area contributed by atoms with Crippen molar-refractivity contribution < 1.29 is 19.5 Å². The fourth-order valence-electron chi connectivity index (χ4n) is 1.82. The highest BCUT2D eigenvalue weighted by molar-refractivity contribution is 5.92. The van der Waals surface area contributed by atoms with Crippen LogP contribution in [-0.2, 0) is 4.79 Å². The van der Waals surface area contributed by atoms with E-state index < -0.39 is 16.9 Å². The molecule has 0 fully saturated rings. The monoisotopic (exact) mass is 280 g/mol. The van der Waals surface area contributed by atoms with Crippen molar-refractivity contribution in [2.75, 3.05) is 5.32 Å². The summed E-state index contributed by atoms with van der Waals surface area (Å²) in [5, 5.41) is 30.0. The van der Waals surface area contributed by atoms with Gasteiger partial charge in [0, 0.05) is 0 Å². The van der Waals surface area contributed by atoms with Crippen molar-refractivity contribution in [3.63, 3.8) is 0 Å². The number of rotatable bonds is 5. The Bertz CT molecular complexity index is 666. The van der Waals surface area contributed by atoms with Crippen LogP contribution < -0.4 is 5.32 Å². The summed E-state index contributed by atoms with van der Waals surface area (Å²) in [6, 6.07) is 1.91. The summed E-state index contributed by atoms with van der Waals surface area (Å²) in [4.78, 5) is 21.7. The van der Waals surface area contributed by atoms with E-state index in [4.69, 9.17) is 5.11 Å². The van der Waals surface area contributed by atoms with Crippen LogP contribution >= 0.6 is 0 Å². The summed E-state index contributed by atoms with van der Waals surface area (Å²) < 4.78 is 4.46. The average molecular weight is 280 g/mol. The molecule has 2 rings (SSSR count). The van der Waals surface area contributed by atoms with Crippen LogP contribution in [0.4, 0.5) is 11.4 Å². The first-order valence-corrected chi connectivity index (χ1v) is 5.80. The number of nitrogens with zero attached hydrogens (tertiary/aromatic N) is 3. The van der Waals surface area contributed by atoms with Gasteiger partial charge in [-0.2, -0.15) is 0 Å². The molecule has 2 aromatic rings. The van der Waals surface area contributed by atoms with Crippen LogP contribution in [0.1, 0.15) is 13.8 Å². The minimum atomic E-state index is -1.09. The Kier molecular flexibility index (Phi) is 3.51. The van der Waals surface area contributed by atoms with E-state index in [1.54, 1.807) is 13.8 Å². The van der Waals surface area contributed by atoms with Crippen molar-refractivity contribution in [3.8, 4) is 0 Å². The van der Waals surface area contributed by atoms with Crippen LogP contribution in [-0.4, -0.2) is 32.4 Å². The fourth-order valence-corrected chi connectivity index (χ4v) is 1.82. The van der Waals surface area contributed by atoms with Gasteiger partial charge in [0.1, 0.15) is 17.2 Å². The second-order valence-electron chi connectivity index (χ2n) is 4.56. The summed E-state index contributed by atoms with van der Waals surface area (Å²) >= 11 is 0. The van der Waals surface area contributed by atoms with E-state index in [2.05, 4.69) is 20.3 Å². The first kappa shape index (κ1) is 13.7. The summed E-state index contributed by atoms with van der Waals surface area (Å²) in [7, 11) is 0. The molecule has 1 heterocycles. The summed E-state index contributed by atoms with van der Waals surface area (Å²) in [5.41, 5.74) is -0.0680. The largest absolute Gasteiger partial charge is 0.480 e. The molecule has 1 aromatic heterocycles. The number of nitrogens with one attached hydrogen (secondary N) is 1. The van der Waals surface area contributed by atoms with Crippen LogP contribution in [0.2, 0.25) is 0 Å². The lowest BCUT2D eigenvalue weighted by atomic mass is 10.0. The maximum atomic E-state index is 11.2. The molecule has 0 aliphatic carbocycles. The van der Waals surface area contributed by atoms with Crippen LogP contribution in [0.5, 0.6) is 0 Å². The highest BCUT2D eigenvalue weighted by atomic mass is 16.6. The Morgan fingerprint density at radius 3 is 2.70 bits per heavy atom. The van der Waals surface area contributed by atoms with Gasteiger partial charge in [-0.05, 0) is 28.4 Å². The molecule has 1 atom stereocenters. The predicted molar refractivity (Wildman–Crippen MR) is 68.3 cm³/mol. The third kappa shape index (κ3) is 2.37. The second-order valence-corrected chi connectivity index (χ2v) is 4.56. The maximum Gasteiger partial charge on any atom is 0.326 e. The van der Waals surface area contributed by atoms with Crippen molar-refractivity contribution in [1.29, 1.82) is 0 Å². The lowest BCUT2D eigenvalue weighted by Crippen LogP contribution is -2.34. The molecular formula is C11H12N4O5. The summed E-state index contributed by atoms with van der Waals surface area (Å²) in [6.45, 7) is 3.40. The van der Waals surface area contributed by atoms with E-state index in [9.17, 15) is 14.9 Å². The lowest BCUT2D eigenvalue weighted by Gasteiger charge is -2.18. The molecule has 9 heteroatoms. The zero-order valence-electron chi connectivity index (χ0n) is 10.7. The molecule has 9 nitrogen and oxygen atoms in total. The number of nitro groups is 1. The highest BCUT2D eigenvalue weighted by Gasteiger charge is 2.28. The fraction of sp³-hybridized carbons (Fsp3) is 0.364. The molecule has 0 saturated carbocycles. The van der Waals surface area contributed by atoms with Gasteiger partial charge in [0.25, 0.3) is 0 Å². The number of carboxylic acids is 1. The van der Waals surface area contributed by atoms with Gasteiger partial charge in [-0.15, -0.1) is 0 Å². The number of aliphatic carboxylic acids is 1. The standard InChI is InChI=1S/C11H12N4O5/c1-5(2)8(11(16)17)12-7-4-3-6-9(14-20-13-6)10(7)15(18)19/h3-5,8,12H,1-2H3,(H,16,17)/t8-/m0/s1. The van der Waals surface area contributed by atoms with Gasteiger partial charge in [0.05, 0.1) is 4.92 Å². The first-order chi connectivity index (χ1) is 9.41. The van der Waals surface area contributed by atoms with Crippen molar-refractivity contribution in [3.05, 3.63) is 22.2 Å². The van der Waals surface area contributed by atoms with Crippen LogP contribution in [0, 0.1) is 16.0 Å². The third-order valence-corrected chi connectivity index (χ3v) is 2.83. The second kappa shape index (κ2) is 5.11. The van der Waals surface area contributed by atoms with Crippen LogP contribution in [0.25, 0.3) is 11.0 Å². The van der Waals surface area contributed by atoms with Gasteiger partial charge in [0.15, 0.2) is 0 Å². The molecule has 0 amide bonds. The molecule has 0 radical (unpaired) electrons. The van der Waals surface area contributed by atoms with E-state index in [1.165, 1.54) is 12.1 Å². The topological polar surface area (TPSA) is 131 Å². The number of carbonyl (C=O) groups is 1. The maximum absolute atomic E-state index is 11.2. The molecule has 0 saturated heterocycles.